The predicted molar refractivity (Wildman–Crippen MR) is 132 cm³/mol. The molecule has 1 saturated heterocycles. The summed E-state index contributed by atoms with van der Waals surface area (Å²) in [6.07, 6.45) is 0.310. The molecule has 7 nitrogen and oxygen atoms in total. The minimum absolute atomic E-state index is 0.110. The molecular formula is C27H33F3N4O3. The first kappa shape index (κ1) is 27.1. The lowest BCUT2D eigenvalue weighted by atomic mass is 9.68. The van der Waals surface area contributed by atoms with Crippen LogP contribution in [0.2, 0.25) is 0 Å². The van der Waals surface area contributed by atoms with Crippen molar-refractivity contribution in [2.24, 2.45) is 5.92 Å². The van der Waals surface area contributed by atoms with Gasteiger partial charge in [-0.3, -0.25) is 14.6 Å². The second-order valence-electron chi connectivity index (χ2n) is 10.5. The quantitative estimate of drug-likeness (QED) is 0.469. The highest BCUT2D eigenvalue weighted by Crippen LogP contribution is 2.44. The monoisotopic (exact) mass is 518 g/mol. The average Bonchev–Trinajstić information content (AvgIpc) is 3.23. The molecule has 2 atom stereocenters. The number of carbonyl (C=O) groups excluding carboxylic acids is 2. The summed E-state index contributed by atoms with van der Waals surface area (Å²) >= 11 is 0. The van der Waals surface area contributed by atoms with E-state index in [1.165, 1.54) is 6.07 Å². The van der Waals surface area contributed by atoms with E-state index in [0.29, 0.717) is 44.3 Å². The first-order valence-corrected chi connectivity index (χ1v) is 12.6. The molecule has 2 fully saturated rings. The van der Waals surface area contributed by atoms with Crippen molar-refractivity contribution in [3.8, 4) is 0 Å². The van der Waals surface area contributed by atoms with Crippen molar-refractivity contribution >= 4 is 11.8 Å². The summed E-state index contributed by atoms with van der Waals surface area (Å²) < 4.78 is 38.9. The van der Waals surface area contributed by atoms with Crippen LogP contribution in [0.4, 0.5) is 13.2 Å². The molecule has 0 radical (unpaired) electrons. The summed E-state index contributed by atoms with van der Waals surface area (Å²) in [4.78, 5) is 29.7. The minimum atomic E-state index is -4.56. The van der Waals surface area contributed by atoms with Crippen molar-refractivity contribution in [3.05, 3.63) is 65.0 Å². The van der Waals surface area contributed by atoms with Crippen LogP contribution in [0.15, 0.2) is 42.6 Å². The van der Waals surface area contributed by atoms with E-state index < -0.39 is 34.7 Å². The van der Waals surface area contributed by atoms with Gasteiger partial charge < -0.3 is 21.1 Å². The second-order valence-corrected chi connectivity index (χ2v) is 10.5. The third-order valence-corrected chi connectivity index (χ3v) is 7.67. The van der Waals surface area contributed by atoms with Gasteiger partial charge >= 0.3 is 6.18 Å². The summed E-state index contributed by atoms with van der Waals surface area (Å²) in [5, 5.41) is 20.2. The van der Waals surface area contributed by atoms with E-state index in [4.69, 9.17) is 0 Å². The molecule has 1 aliphatic carbocycles. The van der Waals surface area contributed by atoms with Crippen LogP contribution in [0, 0.1) is 12.8 Å². The molecule has 2 heterocycles. The lowest BCUT2D eigenvalue weighted by Gasteiger charge is -2.44. The number of rotatable bonds is 6. The standard InChI is InChI=1S/C27H33F3N4O3/c1-17-6-7-22(31-14-17)26(37)10-8-20(9-11-26)25(13-18(2)33-16-25)34-23(35)15-32-24(36)19-4-3-5-21(12-19)27(28,29)30/h3-7,12,14,18,20,33,37H,8-11,13,15-16H2,1-2H3,(H,32,36)(H,34,35)/t18-,20?,25-,26?/m0/s1. The van der Waals surface area contributed by atoms with E-state index in [1.54, 1.807) is 6.20 Å². The van der Waals surface area contributed by atoms with Crippen LogP contribution in [0.25, 0.3) is 0 Å². The highest BCUT2D eigenvalue weighted by atomic mass is 19.4. The van der Waals surface area contributed by atoms with Gasteiger partial charge in [0.2, 0.25) is 5.91 Å². The highest BCUT2D eigenvalue weighted by Gasteiger charge is 2.48. The van der Waals surface area contributed by atoms with E-state index in [9.17, 15) is 27.9 Å². The maximum absolute atomic E-state index is 13.0. The van der Waals surface area contributed by atoms with Gasteiger partial charge in [0.05, 0.1) is 23.3 Å². The van der Waals surface area contributed by atoms with Crippen LogP contribution in [0.5, 0.6) is 0 Å². The fraction of sp³-hybridized carbons (Fsp3) is 0.519. The summed E-state index contributed by atoms with van der Waals surface area (Å²) in [5.74, 6) is -1.04. The van der Waals surface area contributed by atoms with Gasteiger partial charge in [0.25, 0.3) is 5.91 Å². The fourth-order valence-corrected chi connectivity index (χ4v) is 5.62. The number of nitrogens with one attached hydrogen (secondary N) is 3. The van der Waals surface area contributed by atoms with E-state index in [0.717, 1.165) is 23.8 Å². The Balaban J connectivity index is 1.38. The number of pyridine rings is 1. The number of aromatic nitrogens is 1. The second kappa shape index (κ2) is 10.4. The van der Waals surface area contributed by atoms with E-state index in [2.05, 4.69) is 20.9 Å². The number of amides is 2. The first-order chi connectivity index (χ1) is 17.4. The van der Waals surface area contributed by atoms with Gasteiger partial charge in [0.15, 0.2) is 0 Å². The highest BCUT2D eigenvalue weighted by molar-refractivity contribution is 5.96. The maximum atomic E-state index is 13.0. The van der Waals surface area contributed by atoms with Crippen molar-refractivity contribution in [3.63, 3.8) is 0 Å². The molecule has 1 aromatic heterocycles. The smallest absolute Gasteiger partial charge is 0.384 e. The molecule has 10 heteroatoms. The number of carbonyl (C=O) groups is 2. The zero-order valence-corrected chi connectivity index (χ0v) is 21.0. The molecule has 1 saturated carbocycles. The topological polar surface area (TPSA) is 103 Å². The van der Waals surface area contributed by atoms with Gasteiger partial charge in [0.1, 0.15) is 5.60 Å². The predicted octanol–water partition coefficient (Wildman–Crippen LogP) is 3.45. The van der Waals surface area contributed by atoms with Crippen LogP contribution in [0.1, 0.15) is 66.2 Å². The van der Waals surface area contributed by atoms with Crippen molar-refractivity contribution in [2.45, 2.75) is 69.3 Å². The molecule has 200 valence electrons. The number of aryl methyl sites for hydroxylation is 1. The third-order valence-electron chi connectivity index (χ3n) is 7.67. The van der Waals surface area contributed by atoms with Crippen molar-refractivity contribution in [1.82, 2.24) is 20.9 Å². The molecule has 0 spiro atoms. The van der Waals surface area contributed by atoms with E-state index >= 15 is 0 Å². The number of hydrogen-bond donors (Lipinski definition) is 4. The molecule has 2 aromatic rings. The summed E-state index contributed by atoms with van der Waals surface area (Å²) in [6, 6.07) is 8.07. The third kappa shape index (κ3) is 6.13. The number of hydrogen-bond acceptors (Lipinski definition) is 5. The van der Waals surface area contributed by atoms with Gasteiger partial charge in [-0.2, -0.15) is 13.2 Å². The Kier molecular flexibility index (Phi) is 7.62. The molecule has 2 amide bonds. The van der Waals surface area contributed by atoms with Gasteiger partial charge in [-0.05, 0) is 81.7 Å². The molecule has 37 heavy (non-hydrogen) atoms. The normalized spacial score (nSPS) is 28.1. The summed E-state index contributed by atoms with van der Waals surface area (Å²) in [5.41, 5.74) is -0.956. The lowest BCUT2D eigenvalue weighted by Crippen LogP contribution is -2.58. The Morgan fingerprint density at radius 2 is 1.92 bits per heavy atom. The van der Waals surface area contributed by atoms with Crippen molar-refractivity contribution < 1.29 is 27.9 Å². The van der Waals surface area contributed by atoms with Crippen molar-refractivity contribution in [2.75, 3.05) is 13.1 Å². The number of benzene rings is 1. The summed E-state index contributed by atoms with van der Waals surface area (Å²) in [7, 11) is 0. The first-order valence-electron chi connectivity index (χ1n) is 12.6. The van der Waals surface area contributed by atoms with Gasteiger partial charge in [-0.1, -0.05) is 12.1 Å². The molecule has 2 aliphatic rings. The molecular weight excluding hydrogens is 485 g/mol. The van der Waals surface area contributed by atoms with Crippen LogP contribution < -0.4 is 16.0 Å². The van der Waals surface area contributed by atoms with Gasteiger partial charge in [0, 0.05) is 24.3 Å². The minimum Gasteiger partial charge on any atom is -0.384 e. The Morgan fingerprint density at radius 3 is 2.51 bits per heavy atom. The molecule has 0 unspecified atom stereocenters. The Hall–Kier alpha value is -2.98. The Labute approximate surface area is 214 Å². The zero-order valence-electron chi connectivity index (χ0n) is 21.0. The molecule has 4 rings (SSSR count). The van der Waals surface area contributed by atoms with Crippen LogP contribution >= 0.6 is 0 Å². The largest absolute Gasteiger partial charge is 0.416 e. The van der Waals surface area contributed by atoms with Gasteiger partial charge in [-0.25, -0.2) is 0 Å². The van der Waals surface area contributed by atoms with Crippen molar-refractivity contribution in [1.29, 1.82) is 0 Å². The number of alkyl halides is 3. The molecule has 0 bridgehead atoms. The van der Waals surface area contributed by atoms with E-state index in [-0.39, 0.29) is 24.1 Å². The van der Waals surface area contributed by atoms with E-state index in [1.807, 2.05) is 26.0 Å². The Bertz CT molecular complexity index is 1130. The molecule has 4 N–H and O–H groups in total. The Morgan fingerprint density at radius 1 is 1.19 bits per heavy atom. The average molecular weight is 519 g/mol. The lowest BCUT2D eigenvalue weighted by molar-refractivity contribution is -0.137. The fourth-order valence-electron chi connectivity index (χ4n) is 5.62. The SMILES string of the molecule is Cc1ccc(C2(O)CCC([C@@]3(NC(=O)CNC(=O)c4cccc(C(F)(F)F)c4)CN[C@@H](C)C3)CC2)nc1. The maximum Gasteiger partial charge on any atom is 0.416 e. The zero-order chi connectivity index (χ0) is 26.8. The number of nitrogens with zero attached hydrogens (tertiary/aromatic N) is 1. The summed E-state index contributed by atoms with van der Waals surface area (Å²) in [6.45, 7) is 4.20. The molecule has 1 aliphatic heterocycles. The van der Waals surface area contributed by atoms with Gasteiger partial charge in [-0.15, -0.1) is 0 Å². The van der Waals surface area contributed by atoms with Crippen LogP contribution in [-0.4, -0.2) is 46.6 Å². The van der Waals surface area contributed by atoms with Crippen LogP contribution in [0.3, 0.4) is 0 Å². The number of aliphatic hydroxyl groups is 1. The van der Waals surface area contributed by atoms with Crippen LogP contribution in [-0.2, 0) is 16.6 Å². The molecule has 1 aromatic carbocycles. The number of halogens is 3.